The fourth-order valence-electron chi connectivity index (χ4n) is 1.35. The lowest BCUT2D eigenvalue weighted by Crippen LogP contribution is -2.48. The first-order valence-corrected chi connectivity index (χ1v) is 5.93. The number of amides is 2. The van der Waals surface area contributed by atoms with Crippen molar-refractivity contribution < 1.29 is 19.4 Å². The molecular formula is C12H15ClN2O4. The minimum Gasteiger partial charge on any atom is -0.464 e. The molecule has 19 heavy (non-hydrogen) atoms. The highest BCUT2D eigenvalue weighted by Crippen LogP contribution is 2.22. The maximum atomic E-state index is 12.0. The van der Waals surface area contributed by atoms with Crippen LogP contribution in [-0.4, -0.2) is 35.5 Å². The molecule has 0 aromatic heterocycles. The molecular weight excluding hydrogens is 272 g/mol. The molecule has 1 rings (SSSR count). The molecule has 0 aliphatic rings. The van der Waals surface area contributed by atoms with Gasteiger partial charge >= 0.3 is 12.2 Å². The van der Waals surface area contributed by atoms with Crippen molar-refractivity contribution in [3.63, 3.8) is 0 Å². The highest BCUT2D eigenvalue weighted by molar-refractivity contribution is 6.30. The average molecular weight is 287 g/mol. The van der Waals surface area contributed by atoms with Gasteiger partial charge in [-0.25, -0.2) is 14.6 Å². The van der Waals surface area contributed by atoms with Crippen molar-refractivity contribution in [2.75, 3.05) is 12.1 Å². The second-order valence-corrected chi connectivity index (χ2v) is 4.47. The summed E-state index contributed by atoms with van der Waals surface area (Å²) >= 11 is 5.84. The van der Waals surface area contributed by atoms with E-state index in [-0.39, 0.29) is 6.10 Å². The second kappa shape index (κ2) is 6.29. The van der Waals surface area contributed by atoms with Gasteiger partial charge in [-0.1, -0.05) is 17.7 Å². The van der Waals surface area contributed by atoms with E-state index in [2.05, 4.69) is 0 Å². The van der Waals surface area contributed by atoms with Gasteiger partial charge in [0.05, 0.1) is 11.8 Å². The number of halogens is 1. The van der Waals surface area contributed by atoms with Crippen LogP contribution in [0.2, 0.25) is 5.02 Å². The summed E-state index contributed by atoms with van der Waals surface area (Å²) in [5.74, 6) is 0. The largest absolute Gasteiger partial charge is 0.464 e. The van der Waals surface area contributed by atoms with Crippen molar-refractivity contribution in [2.24, 2.45) is 0 Å². The van der Waals surface area contributed by atoms with E-state index in [1.165, 1.54) is 13.1 Å². The third-order valence-corrected chi connectivity index (χ3v) is 2.37. The number of carboxylic acid groups (broad SMARTS) is 1. The molecule has 0 unspecified atom stereocenters. The number of benzene rings is 1. The quantitative estimate of drug-likeness (QED) is 0.848. The predicted octanol–water partition coefficient (Wildman–Crippen LogP) is 3.22. The Morgan fingerprint density at radius 2 is 2.00 bits per heavy atom. The fraction of sp³-hybridized carbons (Fsp3) is 0.333. The lowest BCUT2D eigenvalue weighted by Gasteiger charge is -2.29. The van der Waals surface area contributed by atoms with E-state index in [9.17, 15) is 9.59 Å². The zero-order chi connectivity index (χ0) is 14.6. The molecule has 0 fully saturated rings. The number of carbonyl (C=O) groups excluding carboxylic acids is 1. The molecule has 2 amide bonds. The number of hydrogen-bond donors (Lipinski definition) is 1. The van der Waals surface area contributed by atoms with Gasteiger partial charge in [-0.05, 0) is 32.0 Å². The summed E-state index contributed by atoms with van der Waals surface area (Å²) in [6.45, 7) is 3.35. The summed E-state index contributed by atoms with van der Waals surface area (Å²) in [7, 11) is 1.24. The van der Waals surface area contributed by atoms with Crippen LogP contribution in [0, 0.1) is 0 Å². The maximum absolute atomic E-state index is 12.0. The summed E-state index contributed by atoms with van der Waals surface area (Å²) < 4.78 is 5.02. The standard InChI is InChI=1S/C12H15ClN2O4/c1-8(2)19-12(18)15(14(3)11(16)17)10-6-4-5-9(13)7-10/h4-8H,1-3H3,(H,16,17). The fourth-order valence-corrected chi connectivity index (χ4v) is 1.53. The maximum Gasteiger partial charge on any atom is 0.434 e. The molecule has 0 saturated heterocycles. The van der Waals surface area contributed by atoms with Gasteiger partial charge in [0.1, 0.15) is 0 Å². The number of nitrogens with zero attached hydrogens (tertiary/aromatic N) is 2. The highest BCUT2D eigenvalue weighted by atomic mass is 35.5. The molecule has 104 valence electrons. The Bertz CT molecular complexity index is 479. The number of carbonyl (C=O) groups is 2. The van der Waals surface area contributed by atoms with E-state index < -0.39 is 12.2 Å². The van der Waals surface area contributed by atoms with Crippen LogP contribution in [0.25, 0.3) is 0 Å². The average Bonchev–Trinajstić information content (AvgIpc) is 2.27. The molecule has 0 radical (unpaired) electrons. The van der Waals surface area contributed by atoms with Gasteiger partial charge < -0.3 is 9.84 Å². The monoisotopic (exact) mass is 286 g/mol. The van der Waals surface area contributed by atoms with E-state index in [0.717, 1.165) is 10.0 Å². The second-order valence-electron chi connectivity index (χ2n) is 4.03. The lowest BCUT2D eigenvalue weighted by molar-refractivity contribution is 0.101. The molecule has 1 aromatic rings. The van der Waals surface area contributed by atoms with Crippen molar-refractivity contribution in [3.05, 3.63) is 29.3 Å². The summed E-state index contributed by atoms with van der Waals surface area (Å²) in [5, 5.41) is 11.0. The Morgan fingerprint density at radius 1 is 1.37 bits per heavy atom. The number of rotatable bonds is 2. The van der Waals surface area contributed by atoms with Gasteiger partial charge in [0.15, 0.2) is 0 Å². The molecule has 0 heterocycles. The predicted molar refractivity (Wildman–Crippen MR) is 71.3 cm³/mol. The van der Waals surface area contributed by atoms with E-state index >= 15 is 0 Å². The van der Waals surface area contributed by atoms with Crippen LogP contribution in [-0.2, 0) is 4.74 Å². The third-order valence-electron chi connectivity index (χ3n) is 2.14. The number of hydrogen-bond acceptors (Lipinski definition) is 3. The van der Waals surface area contributed by atoms with E-state index in [1.807, 2.05) is 0 Å². The van der Waals surface area contributed by atoms with E-state index in [1.54, 1.807) is 32.0 Å². The molecule has 0 aliphatic carbocycles. The highest BCUT2D eigenvalue weighted by Gasteiger charge is 2.26. The molecule has 0 bridgehead atoms. The summed E-state index contributed by atoms with van der Waals surface area (Å²) in [6, 6.07) is 6.27. The van der Waals surface area contributed by atoms with Crippen LogP contribution in [0.15, 0.2) is 24.3 Å². The first-order valence-electron chi connectivity index (χ1n) is 5.55. The van der Waals surface area contributed by atoms with Crippen LogP contribution in [0.5, 0.6) is 0 Å². The van der Waals surface area contributed by atoms with Crippen LogP contribution in [0.1, 0.15) is 13.8 Å². The Hall–Kier alpha value is -1.95. The first-order chi connectivity index (χ1) is 8.82. The normalized spacial score (nSPS) is 10.2. The van der Waals surface area contributed by atoms with Crippen LogP contribution in [0.4, 0.5) is 15.3 Å². The SMILES string of the molecule is CC(C)OC(=O)N(c1cccc(Cl)c1)N(C)C(=O)O. The van der Waals surface area contributed by atoms with Crippen molar-refractivity contribution in [3.8, 4) is 0 Å². The topological polar surface area (TPSA) is 70.1 Å². The number of ether oxygens (including phenoxy) is 1. The summed E-state index contributed by atoms with van der Waals surface area (Å²) in [4.78, 5) is 23.0. The van der Waals surface area contributed by atoms with E-state index in [4.69, 9.17) is 21.4 Å². The molecule has 7 heteroatoms. The van der Waals surface area contributed by atoms with Gasteiger partial charge in [-0.2, -0.15) is 5.01 Å². The minimum absolute atomic E-state index is 0.308. The van der Waals surface area contributed by atoms with Gasteiger partial charge in [0, 0.05) is 12.1 Å². The van der Waals surface area contributed by atoms with Gasteiger partial charge in [-0.3, -0.25) is 0 Å². The molecule has 0 atom stereocenters. The van der Waals surface area contributed by atoms with Crippen molar-refractivity contribution >= 4 is 29.5 Å². The Morgan fingerprint density at radius 3 is 2.47 bits per heavy atom. The molecule has 6 nitrogen and oxygen atoms in total. The van der Waals surface area contributed by atoms with Crippen molar-refractivity contribution in [1.82, 2.24) is 5.01 Å². The Kier molecular flexibility index (Phi) is 5.00. The van der Waals surface area contributed by atoms with Gasteiger partial charge in [0.25, 0.3) is 0 Å². The Labute approximate surface area is 116 Å². The Balaban J connectivity index is 3.12. The van der Waals surface area contributed by atoms with Gasteiger partial charge in [0.2, 0.25) is 0 Å². The van der Waals surface area contributed by atoms with Crippen LogP contribution >= 0.6 is 11.6 Å². The first kappa shape index (κ1) is 15.1. The third kappa shape index (κ3) is 4.03. The molecule has 0 saturated carbocycles. The summed E-state index contributed by atoms with van der Waals surface area (Å²) in [5.41, 5.74) is 0.308. The van der Waals surface area contributed by atoms with Crippen LogP contribution < -0.4 is 5.01 Å². The van der Waals surface area contributed by atoms with Gasteiger partial charge in [-0.15, -0.1) is 0 Å². The molecule has 1 aromatic carbocycles. The molecule has 1 N–H and O–H groups in total. The molecule has 0 aliphatic heterocycles. The smallest absolute Gasteiger partial charge is 0.434 e. The zero-order valence-corrected chi connectivity index (χ0v) is 11.6. The zero-order valence-electron chi connectivity index (χ0n) is 10.8. The number of hydrazine groups is 1. The number of anilines is 1. The van der Waals surface area contributed by atoms with E-state index in [0.29, 0.717) is 10.7 Å². The minimum atomic E-state index is -1.29. The summed E-state index contributed by atoms with van der Waals surface area (Å²) in [6.07, 6.45) is -2.45. The lowest BCUT2D eigenvalue weighted by atomic mass is 10.3. The van der Waals surface area contributed by atoms with Crippen LogP contribution in [0.3, 0.4) is 0 Å². The molecule has 0 spiro atoms. The van der Waals surface area contributed by atoms with Crippen molar-refractivity contribution in [1.29, 1.82) is 0 Å². The van der Waals surface area contributed by atoms with Crippen molar-refractivity contribution in [2.45, 2.75) is 20.0 Å².